The van der Waals surface area contributed by atoms with Crippen molar-refractivity contribution < 1.29 is 19.4 Å². The average Bonchev–Trinajstić information content (AvgIpc) is 2.46. The van der Waals surface area contributed by atoms with Crippen LogP contribution in [0.2, 0.25) is 0 Å². The molecule has 0 aliphatic carbocycles. The van der Waals surface area contributed by atoms with Crippen molar-refractivity contribution in [2.24, 2.45) is 5.10 Å². The number of methoxy groups -OCH3 is 2. The Labute approximate surface area is 118 Å². The maximum absolute atomic E-state index is 11.4. The van der Waals surface area contributed by atoms with E-state index in [0.29, 0.717) is 12.0 Å². The van der Waals surface area contributed by atoms with Crippen LogP contribution in [-0.4, -0.2) is 31.4 Å². The SMILES string of the molecule is CCCCC(=O)NN=Cc1cc(OC)c(O)c(OC)c1. The van der Waals surface area contributed by atoms with Crippen molar-refractivity contribution in [2.75, 3.05) is 14.2 Å². The van der Waals surface area contributed by atoms with Crippen LogP contribution < -0.4 is 14.9 Å². The van der Waals surface area contributed by atoms with E-state index in [4.69, 9.17) is 9.47 Å². The monoisotopic (exact) mass is 280 g/mol. The Morgan fingerprint density at radius 1 is 1.35 bits per heavy atom. The highest BCUT2D eigenvalue weighted by molar-refractivity contribution is 5.84. The number of hydrazone groups is 1. The first-order valence-corrected chi connectivity index (χ1v) is 6.39. The quantitative estimate of drug-likeness (QED) is 0.591. The molecule has 0 saturated carbocycles. The summed E-state index contributed by atoms with van der Waals surface area (Å²) in [5.74, 6) is 0.367. The standard InChI is InChI=1S/C14H20N2O4/c1-4-5-6-13(17)16-15-9-10-7-11(19-2)14(18)12(8-10)20-3/h7-9,18H,4-6H2,1-3H3,(H,16,17). The number of ether oxygens (including phenoxy) is 2. The molecule has 1 aromatic carbocycles. The number of phenolic OH excluding ortho intramolecular Hbond substituents is 1. The van der Waals surface area contributed by atoms with E-state index in [-0.39, 0.29) is 23.2 Å². The normalized spacial score (nSPS) is 10.6. The van der Waals surface area contributed by atoms with Crippen LogP contribution in [0.5, 0.6) is 17.2 Å². The predicted octanol–water partition coefficient (Wildman–Crippen LogP) is 2.05. The first kappa shape index (κ1) is 15.8. The van der Waals surface area contributed by atoms with Gasteiger partial charge < -0.3 is 14.6 Å². The number of amides is 1. The summed E-state index contributed by atoms with van der Waals surface area (Å²) in [6, 6.07) is 3.19. The van der Waals surface area contributed by atoms with Gasteiger partial charge in [-0.3, -0.25) is 4.79 Å². The van der Waals surface area contributed by atoms with E-state index >= 15 is 0 Å². The van der Waals surface area contributed by atoms with Gasteiger partial charge in [0.15, 0.2) is 11.5 Å². The number of carbonyl (C=O) groups is 1. The summed E-state index contributed by atoms with van der Waals surface area (Å²) in [6.45, 7) is 2.02. The molecule has 0 aromatic heterocycles. The van der Waals surface area contributed by atoms with E-state index in [9.17, 15) is 9.90 Å². The van der Waals surface area contributed by atoms with E-state index < -0.39 is 0 Å². The summed E-state index contributed by atoms with van der Waals surface area (Å²) in [5.41, 5.74) is 3.09. The van der Waals surface area contributed by atoms with Crippen molar-refractivity contribution in [3.05, 3.63) is 17.7 Å². The Bertz CT molecular complexity index is 461. The molecule has 0 atom stereocenters. The molecule has 110 valence electrons. The molecule has 2 N–H and O–H groups in total. The van der Waals surface area contributed by atoms with Crippen molar-refractivity contribution in [3.8, 4) is 17.2 Å². The van der Waals surface area contributed by atoms with E-state index in [1.54, 1.807) is 12.1 Å². The molecule has 1 amide bonds. The van der Waals surface area contributed by atoms with Gasteiger partial charge in [0, 0.05) is 12.0 Å². The van der Waals surface area contributed by atoms with Gasteiger partial charge in [-0.1, -0.05) is 13.3 Å². The number of hydrogen-bond acceptors (Lipinski definition) is 5. The third kappa shape index (κ3) is 4.46. The van der Waals surface area contributed by atoms with E-state index in [2.05, 4.69) is 10.5 Å². The van der Waals surface area contributed by atoms with Gasteiger partial charge in [0.2, 0.25) is 11.7 Å². The molecular weight excluding hydrogens is 260 g/mol. The number of nitrogens with one attached hydrogen (secondary N) is 1. The van der Waals surface area contributed by atoms with Gasteiger partial charge in [0.05, 0.1) is 20.4 Å². The summed E-state index contributed by atoms with van der Waals surface area (Å²) < 4.78 is 10.1. The Hall–Kier alpha value is -2.24. The average molecular weight is 280 g/mol. The third-order valence-electron chi connectivity index (χ3n) is 2.66. The molecule has 0 heterocycles. The topological polar surface area (TPSA) is 80.2 Å². The molecule has 0 spiro atoms. The van der Waals surface area contributed by atoms with Crippen LogP contribution in [0, 0.1) is 0 Å². The zero-order valence-corrected chi connectivity index (χ0v) is 12.0. The molecule has 1 rings (SSSR count). The van der Waals surface area contributed by atoms with Gasteiger partial charge in [-0.15, -0.1) is 0 Å². The minimum atomic E-state index is -0.124. The molecule has 0 aliphatic rings. The number of nitrogens with zero attached hydrogens (tertiary/aromatic N) is 1. The molecule has 1 aromatic rings. The second kappa shape index (κ2) is 8.04. The number of benzene rings is 1. The Morgan fingerprint density at radius 3 is 2.45 bits per heavy atom. The first-order chi connectivity index (χ1) is 9.62. The van der Waals surface area contributed by atoms with Gasteiger partial charge in [-0.2, -0.15) is 5.10 Å². The van der Waals surface area contributed by atoms with Crippen LogP contribution in [0.3, 0.4) is 0 Å². The highest BCUT2D eigenvalue weighted by Gasteiger charge is 2.10. The summed E-state index contributed by atoms with van der Waals surface area (Å²) in [6.07, 6.45) is 3.72. The lowest BCUT2D eigenvalue weighted by Crippen LogP contribution is -2.16. The minimum absolute atomic E-state index is 0.0702. The fourth-order valence-electron chi connectivity index (χ4n) is 1.56. The second-order valence-corrected chi connectivity index (χ2v) is 4.17. The predicted molar refractivity (Wildman–Crippen MR) is 76.5 cm³/mol. The lowest BCUT2D eigenvalue weighted by Gasteiger charge is -2.09. The summed E-state index contributed by atoms with van der Waals surface area (Å²) in [5, 5.41) is 13.6. The lowest BCUT2D eigenvalue weighted by molar-refractivity contribution is -0.121. The molecule has 0 unspecified atom stereocenters. The molecule has 0 fully saturated rings. The van der Waals surface area contributed by atoms with Crippen LogP contribution >= 0.6 is 0 Å². The highest BCUT2D eigenvalue weighted by Crippen LogP contribution is 2.36. The zero-order chi connectivity index (χ0) is 15.0. The molecule has 0 aliphatic heterocycles. The first-order valence-electron chi connectivity index (χ1n) is 6.39. The van der Waals surface area contributed by atoms with Crippen molar-refractivity contribution in [3.63, 3.8) is 0 Å². The Kier molecular flexibility index (Phi) is 6.36. The fraction of sp³-hybridized carbons (Fsp3) is 0.429. The second-order valence-electron chi connectivity index (χ2n) is 4.17. The zero-order valence-electron chi connectivity index (χ0n) is 12.0. The molecule has 20 heavy (non-hydrogen) atoms. The van der Waals surface area contributed by atoms with Crippen LogP contribution in [0.15, 0.2) is 17.2 Å². The largest absolute Gasteiger partial charge is 0.502 e. The third-order valence-corrected chi connectivity index (χ3v) is 2.66. The van der Waals surface area contributed by atoms with Crippen LogP contribution in [0.25, 0.3) is 0 Å². The number of unbranched alkanes of at least 4 members (excludes halogenated alkanes) is 1. The van der Waals surface area contributed by atoms with Crippen molar-refractivity contribution in [1.29, 1.82) is 0 Å². The Balaban J connectivity index is 2.74. The lowest BCUT2D eigenvalue weighted by atomic mass is 10.2. The van der Waals surface area contributed by atoms with Gasteiger partial charge in [-0.25, -0.2) is 5.43 Å². The highest BCUT2D eigenvalue weighted by atomic mass is 16.5. The molecule has 0 bridgehead atoms. The van der Waals surface area contributed by atoms with E-state index in [0.717, 1.165) is 12.8 Å². The molecule has 0 saturated heterocycles. The number of carbonyl (C=O) groups excluding carboxylic acids is 1. The molecule has 0 radical (unpaired) electrons. The van der Waals surface area contributed by atoms with E-state index in [1.165, 1.54) is 20.4 Å². The fourth-order valence-corrected chi connectivity index (χ4v) is 1.56. The van der Waals surface area contributed by atoms with Gasteiger partial charge in [0.1, 0.15) is 0 Å². The molecular formula is C14H20N2O4. The molecule has 6 heteroatoms. The minimum Gasteiger partial charge on any atom is -0.502 e. The summed E-state index contributed by atoms with van der Waals surface area (Å²) in [7, 11) is 2.89. The van der Waals surface area contributed by atoms with Crippen LogP contribution in [-0.2, 0) is 4.79 Å². The Morgan fingerprint density at radius 2 is 1.95 bits per heavy atom. The maximum atomic E-state index is 11.4. The molecule has 6 nitrogen and oxygen atoms in total. The number of rotatable bonds is 7. The number of aromatic hydroxyl groups is 1. The van der Waals surface area contributed by atoms with Crippen LogP contribution in [0.1, 0.15) is 31.7 Å². The summed E-state index contributed by atoms with van der Waals surface area (Å²) in [4.78, 5) is 11.4. The smallest absolute Gasteiger partial charge is 0.240 e. The number of hydrogen-bond donors (Lipinski definition) is 2. The van der Waals surface area contributed by atoms with Gasteiger partial charge in [-0.05, 0) is 18.6 Å². The van der Waals surface area contributed by atoms with E-state index in [1.807, 2.05) is 6.92 Å². The van der Waals surface area contributed by atoms with Crippen LogP contribution in [0.4, 0.5) is 0 Å². The van der Waals surface area contributed by atoms with Crippen molar-refractivity contribution in [1.82, 2.24) is 5.43 Å². The van der Waals surface area contributed by atoms with Crippen molar-refractivity contribution in [2.45, 2.75) is 26.2 Å². The van der Waals surface area contributed by atoms with Gasteiger partial charge in [0.25, 0.3) is 0 Å². The summed E-state index contributed by atoms with van der Waals surface area (Å²) >= 11 is 0. The van der Waals surface area contributed by atoms with Gasteiger partial charge >= 0.3 is 0 Å². The maximum Gasteiger partial charge on any atom is 0.240 e. The number of phenols is 1. The van der Waals surface area contributed by atoms with Crippen molar-refractivity contribution >= 4 is 12.1 Å².